The van der Waals surface area contributed by atoms with Gasteiger partial charge in [0.05, 0.1) is 5.56 Å². The Morgan fingerprint density at radius 3 is 2.18 bits per heavy atom. The van der Waals surface area contributed by atoms with Crippen molar-refractivity contribution in [3.05, 3.63) is 70.8 Å². The zero-order valence-electron chi connectivity index (χ0n) is 12.3. The first kappa shape index (κ1) is 14.8. The maximum atomic E-state index is 14.2. The Bertz CT molecular complexity index is 684. The van der Waals surface area contributed by atoms with E-state index < -0.39 is 11.6 Å². The highest BCUT2D eigenvalue weighted by Gasteiger charge is 2.19. The van der Waals surface area contributed by atoms with Crippen LogP contribution in [0.2, 0.25) is 12.6 Å². The molecule has 0 unspecified atom stereocenters. The van der Waals surface area contributed by atoms with E-state index in [0.717, 1.165) is 36.6 Å². The summed E-state index contributed by atoms with van der Waals surface area (Å²) in [6.45, 7) is 0. The van der Waals surface area contributed by atoms with Gasteiger partial charge in [0.15, 0.2) is 0 Å². The molecular formula is C19H16BF2. The molecule has 1 fully saturated rings. The van der Waals surface area contributed by atoms with E-state index in [1.165, 1.54) is 12.1 Å². The van der Waals surface area contributed by atoms with Crippen LogP contribution in [0.5, 0.6) is 0 Å². The van der Waals surface area contributed by atoms with Crippen LogP contribution in [-0.2, 0) is 0 Å². The van der Waals surface area contributed by atoms with E-state index in [2.05, 4.69) is 19.1 Å². The second-order valence-corrected chi connectivity index (χ2v) is 5.62. The lowest BCUT2D eigenvalue weighted by Crippen LogP contribution is -2.09. The van der Waals surface area contributed by atoms with E-state index in [9.17, 15) is 8.78 Å². The molecule has 2 aromatic carbocycles. The Labute approximate surface area is 130 Å². The van der Waals surface area contributed by atoms with Gasteiger partial charge in [0, 0.05) is 5.56 Å². The molecular weight excluding hydrogens is 277 g/mol. The Hall–Kier alpha value is -2.08. The molecule has 0 nitrogen and oxygen atoms in total. The van der Waals surface area contributed by atoms with Crippen molar-refractivity contribution < 1.29 is 8.78 Å². The molecule has 0 aliphatic carbocycles. The summed E-state index contributed by atoms with van der Waals surface area (Å²) in [4.78, 5) is 0. The van der Waals surface area contributed by atoms with Crippen molar-refractivity contribution in [2.24, 2.45) is 0 Å². The molecule has 0 aromatic heterocycles. The Morgan fingerprint density at radius 2 is 1.55 bits per heavy atom. The molecule has 0 amide bonds. The van der Waals surface area contributed by atoms with Gasteiger partial charge >= 0.3 is 0 Å². The van der Waals surface area contributed by atoms with Gasteiger partial charge in [-0.25, -0.2) is 8.78 Å². The molecule has 3 rings (SSSR count). The predicted molar refractivity (Wildman–Crippen MR) is 86.1 cm³/mol. The second kappa shape index (κ2) is 6.79. The highest BCUT2D eigenvalue weighted by atomic mass is 19.1. The lowest BCUT2D eigenvalue weighted by Gasteiger charge is -2.21. The first-order valence-corrected chi connectivity index (χ1v) is 7.62. The summed E-state index contributed by atoms with van der Waals surface area (Å²) in [7, 11) is 2.24. The number of rotatable bonds is 1. The summed E-state index contributed by atoms with van der Waals surface area (Å²) in [5.74, 6) is 4.56. The van der Waals surface area contributed by atoms with Crippen LogP contribution in [0, 0.1) is 23.5 Å². The maximum Gasteiger partial charge on any atom is 0.142 e. The van der Waals surface area contributed by atoms with Crippen LogP contribution in [0.3, 0.4) is 0 Å². The third kappa shape index (κ3) is 3.39. The molecule has 1 heterocycles. The van der Waals surface area contributed by atoms with Gasteiger partial charge in [0.2, 0.25) is 0 Å². The first-order valence-electron chi connectivity index (χ1n) is 7.62. The minimum Gasteiger partial charge on any atom is -0.206 e. The molecule has 0 spiro atoms. The van der Waals surface area contributed by atoms with Crippen molar-refractivity contribution in [1.29, 1.82) is 0 Å². The Kier molecular flexibility index (Phi) is 4.58. The summed E-state index contributed by atoms with van der Waals surface area (Å²) < 4.78 is 28.4. The van der Waals surface area contributed by atoms with Crippen LogP contribution >= 0.6 is 0 Å². The lowest BCUT2D eigenvalue weighted by molar-refractivity contribution is 0.556. The van der Waals surface area contributed by atoms with E-state index in [1.54, 1.807) is 0 Å². The third-order valence-electron chi connectivity index (χ3n) is 4.08. The zero-order valence-corrected chi connectivity index (χ0v) is 12.3. The van der Waals surface area contributed by atoms with E-state index >= 15 is 0 Å². The zero-order chi connectivity index (χ0) is 15.4. The molecule has 1 aliphatic rings. The van der Waals surface area contributed by atoms with E-state index in [-0.39, 0.29) is 11.5 Å². The third-order valence-corrected chi connectivity index (χ3v) is 4.08. The van der Waals surface area contributed by atoms with Crippen LogP contribution in [0.1, 0.15) is 35.4 Å². The predicted octanol–water partition coefficient (Wildman–Crippen LogP) is 4.78. The van der Waals surface area contributed by atoms with E-state index in [0.29, 0.717) is 0 Å². The fourth-order valence-electron chi connectivity index (χ4n) is 2.86. The molecule has 0 saturated carbocycles. The molecule has 1 aliphatic heterocycles. The van der Waals surface area contributed by atoms with Gasteiger partial charge in [0.1, 0.15) is 18.9 Å². The molecule has 3 heteroatoms. The fraction of sp³-hybridized carbons (Fsp3) is 0.263. The molecule has 1 radical (unpaired) electrons. The van der Waals surface area contributed by atoms with Gasteiger partial charge in [-0.05, 0) is 35.7 Å². The maximum absolute atomic E-state index is 14.2. The summed E-state index contributed by atoms with van der Waals surface area (Å²) in [5.41, 5.74) is 1.36. The SMILES string of the molecule is Fc1cc(C2CC[B]CC2)cc(F)c1C#Cc1ccccc1. The Morgan fingerprint density at radius 1 is 0.909 bits per heavy atom. The van der Waals surface area contributed by atoms with Crippen molar-refractivity contribution in [2.75, 3.05) is 0 Å². The van der Waals surface area contributed by atoms with Crippen molar-refractivity contribution in [2.45, 2.75) is 31.4 Å². The highest BCUT2D eigenvalue weighted by Crippen LogP contribution is 2.32. The largest absolute Gasteiger partial charge is 0.206 e. The number of hydrogen-bond acceptors (Lipinski definition) is 0. The van der Waals surface area contributed by atoms with Crippen LogP contribution in [0.15, 0.2) is 42.5 Å². The van der Waals surface area contributed by atoms with Gasteiger partial charge < -0.3 is 0 Å². The minimum atomic E-state index is -0.562. The average Bonchev–Trinajstić information content (AvgIpc) is 2.56. The molecule has 0 bridgehead atoms. The molecule has 0 N–H and O–H groups in total. The minimum absolute atomic E-state index is 0.144. The van der Waals surface area contributed by atoms with Crippen molar-refractivity contribution >= 4 is 7.28 Å². The average molecular weight is 293 g/mol. The van der Waals surface area contributed by atoms with Crippen molar-refractivity contribution in [3.8, 4) is 11.8 Å². The van der Waals surface area contributed by atoms with E-state index in [1.807, 2.05) is 30.3 Å². The van der Waals surface area contributed by atoms with Gasteiger partial charge in [-0.1, -0.05) is 55.5 Å². The van der Waals surface area contributed by atoms with Crippen LogP contribution < -0.4 is 0 Å². The lowest BCUT2D eigenvalue weighted by atomic mass is 9.60. The van der Waals surface area contributed by atoms with Gasteiger partial charge in [-0.3, -0.25) is 0 Å². The van der Waals surface area contributed by atoms with Crippen LogP contribution in [0.4, 0.5) is 8.78 Å². The normalized spacial score (nSPS) is 14.8. The van der Waals surface area contributed by atoms with Crippen molar-refractivity contribution in [3.63, 3.8) is 0 Å². The number of hydrogen-bond donors (Lipinski definition) is 0. The summed E-state index contributed by atoms with van der Waals surface area (Å²) in [6.07, 6.45) is 3.97. The quantitative estimate of drug-likeness (QED) is 0.524. The van der Waals surface area contributed by atoms with Gasteiger partial charge in [-0.15, -0.1) is 0 Å². The standard InChI is InChI=1S/C19H16BF2/c21-18-12-16(15-8-10-20-11-9-15)13-19(22)17(18)7-6-14-4-2-1-3-5-14/h1-5,12-13,15H,8-11H2. The van der Waals surface area contributed by atoms with Crippen molar-refractivity contribution in [1.82, 2.24) is 0 Å². The molecule has 1 saturated heterocycles. The topological polar surface area (TPSA) is 0 Å². The summed E-state index contributed by atoms with van der Waals surface area (Å²) in [5, 5.41) is 0. The van der Waals surface area contributed by atoms with Crippen LogP contribution in [0.25, 0.3) is 0 Å². The fourth-order valence-corrected chi connectivity index (χ4v) is 2.86. The van der Waals surface area contributed by atoms with Gasteiger partial charge in [0.25, 0.3) is 0 Å². The Balaban J connectivity index is 1.88. The number of benzene rings is 2. The smallest absolute Gasteiger partial charge is 0.142 e. The summed E-state index contributed by atoms with van der Waals surface area (Å²) >= 11 is 0. The van der Waals surface area contributed by atoms with Gasteiger partial charge in [-0.2, -0.15) is 0 Å². The molecule has 2 aromatic rings. The monoisotopic (exact) mass is 293 g/mol. The number of halogens is 2. The van der Waals surface area contributed by atoms with Crippen LogP contribution in [-0.4, -0.2) is 7.28 Å². The molecule has 0 atom stereocenters. The molecule has 22 heavy (non-hydrogen) atoms. The van der Waals surface area contributed by atoms with E-state index in [4.69, 9.17) is 0 Å². The highest BCUT2D eigenvalue weighted by molar-refractivity contribution is 6.35. The first-order chi connectivity index (χ1) is 10.7. The molecule has 109 valence electrons. The summed E-state index contributed by atoms with van der Waals surface area (Å²) in [6, 6.07) is 12.1. The second-order valence-electron chi connectivity index (χ2n) is 5.62.